The van der Waals surface area contributed by atoms with Gasteiger partial charge in [0.05, 0.1) is 0 Å². The van der Waals surface area contributed by atoms with Gasteiger partial charge in [-0.2, -0.15) is 0 Å². The van der Waals surface area contributed by atoms with Gasteiger partial charge in [-0.25, -0.2) is 0 Å². The second-order valence-electron chi connectivity index (χ2n) is 6.21. The van der Waals surface area contributed by atoms with Gasteiger partial charge in [-0.1, -0.05) is 35.0 Å². The van der Waals surface area contributed by atoms with Crippen LogP contribution in [-0.2, 0) is 16.0 Å². The summed E-state index contributed by atoms with van der Waals surface area (Å²) in [5, 5.41) is 11.8. The van der Waals surface area contributed by atoms with Gasteiger partial charge in [-0.3, -0.25) is 9.59 Å². The Balaban J connectivity index is 2.66. The number of amides is 1. The van der Waals surface area contributed by atoms with Crippen LogP contribution in [0.3, 0.4) is 0 Å². The first-order chi connectivity index (χ1) is 10.2. The molecule has 122 valence electrons. The minimum atomic E-state index is -0.844. The van der Waals surface area contributed by atoms with Crippen LogP contribution in [0.1, 0.15) is 45.6 Å². The maximum Gasteiger partial charge on any atom is 0.303 e. The number of rotatable bonds is 8. The van der Waals surface area contributed by atoms with E-state index in [1.807, 2.05) is 45.0 Å². The SMILES string of the molecule is CCC(Cc1cccc(Br)c1)C(=O)NC(C)(C)CCC(=O)O. The van der Waals surface area contributed by atoms with Gasteiger partial charge in [0.2, 0.25) is 5.91 Å². The minimum Gasteiger partial charge on any atom is -0.481 e. The smallest absolute Gasteiger partial charge is 0.303 e. The fraction of sp³-hybridized carbons (Fsp3) is 0.529. The van der Waals surface area contributed by atoms with Crippen LogP contribution in [-0.4, -0.2) is 22.5 Å². The third-order valence-electron chi connectivity index (χ3n) is 3.66. The van der Waals surface area contributed by atoms with Gasteiger partial charge < -0.3 is 10.4 Å². The molecule has 0 saturated carbocycles. The first-order valence-electron chi connectivity index (χ1n) is 7.52. The molecule has 5 heteroatoms. The van der Waals surface area contributed by atoms with E-state index in [0.29, 0.717) is 12.8 Å². The molecule has 4 nitrogen and oxygen atoms in total. The minimum absolute atomic E-state index is 0.0159. The second kappa shape index (κ2) is 8.32. The van der Waals surface area contributed by atoms with Crippen molar-refractivity contribution in [3.63, 3.8) is 0 Å². The molecule has 1 aromatic carbocycles. The summed E-state index contributed by atoms with van der Waals surface area (Å²) in [5.41, 5.74) is 0.597. The predicted octanol–water partition coefficient (Wildman–Crippen LogP) is 3.78. The highest BCUT2D eigenvalue weighted by atomic mass is 79.9. The monoisotopic (exact) mass is 369 g/mol. The number of carboxylic acids is 1. The van der Waals surface area contributed by atoms with Crippen molar-refractivity contribution in [3.05, 3.63) is 34.3 Å². The topological polar surface area (TPSA) is 66.4 Å². The number of hydrogen-bond donors (Lipinski definition) is 2. The van der Waals surface area contributed by atoms with E-state index in [1.54, 1.807) is 0 Å². The van der Waals surface area contributed by atoms with Gasteiger partial charge in [0, 0.05) is 22.4 Å². The summed E-state index contributed by atoms with van der Waals surface area (Å²) in [6, 6.07) is 7.95. The van der Waals surface area contributed by atoms with Crippen LogP contribution >= 0.6 is 15.9 Å². The molecule has 1 atom stereocenters. The molecule has 0 aromatic heterocycles. The number of carbonyl (C=O) groups excluding carboxylic acids is 1. The van der Waals surface area contributed by atoms with Crippen LogP contribution in [0.2, 0.25) is 0 Å². The number of nitrogens with one attached hydrogen (secondary N) is 1. The lowest BCUT2D eigenvalue weighted by Gasteiger charge is -2.28. The van der Waals surface area contributed by atoms with E-state index < -0.39 is 11.5 Å². The molecule has 0 fully saturated rings. The quantitative estimate of drug-likeness (QED) is 0.732. The highest BCUT2D eigenvalue weighted by molar-refractivity contribution is 9.10. The summed E-state index contributed by atoms with van der Waals surface area (Å²) >= 11 is 3.44. The summed E-state index contributed by atoms with van der Waals surface area (Å²) in [6.45, 7) is 5.71. The maximum absolute atomic E-state index is 12.5. The molecule has 1 rings (SSSR count). The van der Waals surface area contributed by atoms with Gasteiger partial charge in [0.15, 0.2) is 0 Å². The molecule has 0 saturated heterocycles. The average Bonchev–Trinajstić information content (AvgIpc) is 2.42. The number of hydrogen-bond acceptors (Lipinski definition) is 2. The Morgan fingerprint density at radius 2 is 2.05 bits per heavy atom. The maximum atomic E-state index is 12.5. The van der Waals surface area contributed by atoms with Crippen LogP contribution in [0.4, 0.5) is 0 Å². The molecule has 1 aromatic rings. The number of carboxylic acid groups (broad SMARTS) is 1. The lowest BCUT2D eigenvalue weighted by molar-refractivity contribution is -0.138. The van der Waals surface area contributed by atoms with E-state index in [0.717, 1.165) is 16.5 Å². The number of aliphatic carboxylic acids is 1. The van der Waals surface area contributed by atoms with Crippen molar-refractivity contribution >= 4 is 27.8 Å². The van der Waals surface area contributed by atoms with Gasteiger partial charge in [-0.15, -0.1) is 0 Å². The Morgan fingerprint density at radius 3 is 2.59 bits per heavy atom. The van der Waals surface area contributed by atoms with E-state index in [1.165, 1.54) is 0 Å². The Labute approximate surface area is 140 Å². The van der Waals surface area contributed by atoms with E-state index in [2.05, 4.69) is 21.2 Å². The molecule has 0 bridgehead atoms. The lowest BCUT2D eigenvalue weighted by atomic mass is 9.93. The standard InChI is InChI=1S/C17H24BrNO3/c1-4-13(10-12-6-5-7-14(18)11-12)16(22)19-17(2,3)9-8-15(20)21/h5-7,11,13H,4,8-10H2,1-3H3,(H,19,22)(H,20,21). The molecule has 0 aliphatic carbocycles. The zero-order valence-electron chi connectivity index (χ0n) is 13.4. The first kappa shape index (κ1) is 18.7. The molecule has 0 aliphatic rings. The fourth-order valence-electron chi connectivity index (χ4n) is 2.29. The summed E-state index contributed by atoms with van der Waals surface area (Å²) in [6.07, 6.45) is 1.89. The third kappa shape index (κ3) is 6.60. The van der Waals surface area contributed by atoms with E-state index in [9.17, 15) is 9.59 Å². The van der Waals surface area contributed by atoms with Crippen LogP contribution < -0.4 is 5.32 Å². The summed E-state index contributed by atoms with van der Waals surface area (Å²) in [4.78, 5) is 23.1. The first-order valence-corrected chi connectivity index (χ1v) is 8.31. The molecule has 0 aliphatic heterocycles. The molecule has 0 heterocycles. The summed E-state index contributed by atoms with van der Waals surface area (Å²) in [5.74, 6) is -0.972. The molecule has 22 heavy (non-hydrogen) atoms. The largest absolute Gasteiger partial charge is 0.481 e. The lowest BCUT2D eigenvalue weighted by Crippen LogP contribution is -2.46. The zero-order valence-corrected chi connectivity index (χ0v) is 14.9. The molecule has 0 radical (unpaired) electrons. The molecule has 0 spiro atoms. The Morgan fingerprint density at radius 1 is 1.36 bits per heavy atom. The Kier molecular flexibility index (Phi) is 7.07. The second-order valence-corrected chi connectivity index (χ2v) is 7.12. The number of benzene rings is 1. The molecule has 1 unspecified atom stereocenters. The van der Waals surface area contributed by atoms with Gasteiger partial charge >= 0.3 is 5.97 Å². The van der Waals surface area contributed by atoms with Crippen molar-refractivity contribution < 1.29 is 14.7 Å². The molecular formula is C17H24BrNO3. The van der Waals surface area contributed by atoms with Crippen molar-refractivity contribution in [3.8, 4) is 0 Å². The van der Waals surface area contributed by atoms with Crippen molar-refractivity contribution in [1.29, 1.82) is 0 Å². The van der Waals surface area contributed by atoms with Crippen LogP contribution in [0, 0.1) is 5.92 Å². The fourth-order valence-corrected chi connectivity index (χ4v) is 2.74. The molecule has 1 amide bonds. The predicted molar refractivity (Wildman–Crippen MR) is 90.7 cm³/mol. The summed E-state index contributed by atoms with van der Waals surface area (Å²) < 4.78 is 1.00. The van der Waals surface area contributed by atoms with Crippen LogP contribution in [0.25, 0.3) is 0 Å². The van der Waals surface area contributed by atoms with Gasteiger partial charge in [-0.05, 0) is 50.8 Å². The molecular weight excluding hydrogens is 346 g/mol. The van der Waals surface area contributed by atoms with Crippen molar-refractivity contribution in [2.45, 2.75) is 52.0 Å². The number of carbonyl (C=O) groups is 2. The van der Waals surface area contributed by atoms with E-state index in [4.69, 9.17) is 5.11 Å². The highest BCUT2D eigenvalue weighted by Gasteiger charge is 2.25. The third-order valence-corrected chi connectivity index (χ3v) is 4.15. The highest BCUT2D eigenvalue weighted by Crippen LogP contribution is 2.19. The average molecular weight is 370 g/mol. The van der Waals surface area contributed by atoms with Crippen molar-refractivity contribution in [2.75, 3.05) is 0 Å². The number of halogens is 1. The van der Waals surface area contributed by atoms with E-state index in [-0.39, 0.29) is 18.2 Å². The van der Waals surface area contributed by atoms with Crippen LogP contribution in [0.5, 0.6) is 0 Å². The zero-order chi connectivity index (χ0) is 16.8. The van der Waals surface area contributed by atoms with Crippen LogP contribution in [0.15, 0.2) is 28.7 Å². The van der Waals surface area contributed by atoms with Crippen molar-refractivity contribution in [1.82, 2.24) is 5.32 Å². The Bertz CT molecular complexity index is 528. The Hall–Kier alpha value is -1.36. The molecule has 2 N–H and O–H groups in total. The van der Waals surface area contributed by atoms with E-state index >= 15 is 0 Å². The summed E-state index contributed by atoms with van der Waals surface area (Å²) in [7, 11) is 0. The van der Waals surface area contributed by atoms with Gasteiger partial charge in [0.1, 0.15) is 0 Å². The normalized spacial score (nSPS) is 12.7. The van der Waals surface area contributed by atoms with Gasteiger partial charge in [0.25, 0.3) is 0 Å². The van der Waals surface area contributed by atoms with Crippen molar-refractivity contribution in [2.24, 2.45) is 5.92 Å².